The van der Waals surface area contributed by atoms with E-state index in [1.807, 2.05) is 0 Å². The molecule has 1 aromatic rings. The average Bonchev–Trinajstić information content (AvgIpc) is 2.56. The van der Waals surface area contributed by atoms with Crippen LogP contribution in [0.1, 0.15) is 24.8 Å². The molecule has 3 rings (SSSR count). The van der Waals surface area contributed by atoms with Crippen LogP contribution in [0.25, 0.3) is 0 Å². The highest BCUT2D eigenvalue weighted by atomic mass is 35.5. The minimum Gasteiger partial charge on any atom is -0.381 e. The van der Waals surface area contributed by atoms with Gasteiger partial charge in [0.15, 0.2) is 0 Å². The molecule has 4 N–H and O–H groups in total. The number of carbonyl (C=O) groups is 2. The van der Waals surface area contributed by atoms with Crippen LogP contribution < -0.4 is 16.4 Å². The zero-order valence-corrected chi connectivity index (χ0v) is 14.0. The minimum atomic E-state index is -0.705. The fourth-order valence-electron chi connectivity index (χ4n) is 3.00. The van der Waals surface area contributed by atoms with Gasteiger partial charge in [0.1, 0.15) is 5.82 Å². The number of rotatable bonds is 3. The summed E-state index contributed by atoms with van der Waals surface area (Å²) in [7, 11) is 0. The van der Waals surface area contributed by atoms with E-state index >= 15 is 0 Å². The lowest BCUT2D eigenvalue weighted by atomic mass is 9.92. The SMILES string of the molecule is Cl.NC(C(=O)Nc1cc2c(cc1F)CCC(=O)N2)C1CCOCC1. The van der Waals surface area contributed by atoms with Crippen LogP contribution >= 0.6 is 12.4 Å². The van der Waals surface area contributed by atoms with E-state index in [1.165, 1.54) is 12.1 Å². The van der Waals surface area contributed by atoms with Crippen LogP contribution in [0.15, 0.2) is 12.1 Å². The third-order valence-electron chi connectivity index (χ3n) is 4.42. The highest BCUT2D eigenvalue weighted by molar-refractivity contribution is 5.98. The Morgan fingerprint density at radius 3 is 2.75 bits per heavy atom. The van der Waals surface area contributed by atoms with Crippen molar-refractivity contribution in [2.45, 2.75) is 31.7 Å². The van der Waals surface area contributed by atoms with Crippen molar-refractivity contribution in [2.24, 2.45) is 11.7 Å². The smallest absolute Gasteiger partial charge is 0.241 e. The van der Waals surface area contributed by atoms with E-state index in [-0.39, 0.29) is 29.9 Å². The number of halogens is 2. The van der Waals surface area contributed by atoms with Crippen LogP contribution in [0, 0.1) is 11.7 Å². The first-order valence-corrected chi connectivity index (χ1v) is 7.81. The molecule has 2 aliphatic rings. The standard InChI is InChI=1S/C16H20FN3O3.ClH/c17-11-7-10-1-2-14(21)19-12(10)8-13(11)20-16(22)15(18)9-3-5-23-6-4-9;/h7-9,15H,1-6,18H2,(H,19,21)(H,20,22);1H. The van der Waals surface area contributed by atoms with Gasteiger partial charge < -0.3 is 21.1 Å². The molecule has 0 spiro atoms. The molecule has 6 nitrogen and oxygen atoms in total. The molecule has 2 heterocycles. The van der Waals surface area contributed by atoms with Gasteiger partial charge in [-0.3, -0.25) is 9.59 Å². The van der Waals surface area contributed by atoms with Crippen molar-refractivity contribution in [3.05, 3.63) is 23.5 Å². The molecule has 1 fully saturated rings. The van der Waals surface area contributed by atoms with Crippen molar-refractivity contribution >= 4 is 35.6 Å². The van der Waals surface area contributed by atoms with Gasteiger partial charge in [-0.1, -0.05) is 0 Å². The second kappa shape index (κ2) is 7.92. The molecule has 0 aromatic heterocycles. The molecule has 24 heavy (non-hydrogen) atoms. The van der Waals surface area contributed by atoms with Crippen molar-refractivity contribution in [2.75, 3.05) is 23.8 Å². The zero-order chi connectivity index (χ0) is 16.4. The molecule has 1 aromatic carbocycles. The summed E-state index contributed by atoms with van der Waals surface area (Å²) >= 11 is 0. The van der Waals surface area contributed by atoms with Crippen molar-refractivity contribution in [1.29, 1.82) is 0 Å². The maximum atomic E-state index is 14.2. The summed E-state index contributed by atoms with van der Waals surface area (Å²) in [6, 6.07) is 2.10. The molecule has 0 aliphatic carbocycles. The summed E-state index contributed by atoms with van der Waals surface area (Å²) in [4.78, 5) is 23.7. The molecule has 2 aliphatic heterocycles. The highest BCUT2D eigenvalue weighted by Gasteiger charge is 2.27. The van der Waals surface area contributed by atoms with Gasteiger partial charge in [0.25, 0.3) is 0 Å². The lowest BCUT2D eigenvalue weighted by Crippen LogP contribution is -2.44. The Hall–Kier alpha value is -1.70. The van der Waals surface area contributed by atoms with Crippen LogP contribution in [0.3, 0.4) is 0 Å². The van der Waals surface area contributed by atoms with E-state index in [0.717, 1.165) is 18.4 Å². The van der Waals surface area contributed by atoms with Crippen LogP contribution in [-0.2, 0) is 20.7 Å². The van der Waals surface area contributed by atoms with Gasteiger partial charge in [-0.2, -0.15) is 0 Å². The number of hydrogen-bond donors (Lipinski definition) is 3. The van der Waals surface area contributed by atoms with Gasteiger partial charge in [-0.15, -0.1) is 12.4 Å². The number of aryl methyl sites for hydroxylation is 1. The van der Waals surface area contributed by atoms with E-state index < -0.39 is 17.8 Å². The number of hydrogen-bond acceptors (Lipinski definition) is 4. The average molecular weight is 358 g/mol. The molecule has 0 bridgehead atoms. The maximum absolute atomic E-state index is 14.2. The van der Waals surface area contributed by atoms with Gasteiger partial charge in [0.2, 0.25) is 11.8 Å². The molecule has 1 unspecified atom stereocenters. The maximum Gasteiger partial charge on any atom is 0.241 e. The Morgan fingerprint density at radius 1 is 1.33 bits per heavy atom. The van der Waals surface area contributed by atoms with E-state index in [0.29, 0.717) is 31.7 Å². The summed E-state index contributed by atoms with van der Waals surface area (Å²) in [6.07, 6.45) is 2.27. The number of carbonyl (C=O) groups excluding carboxylic acids is 2. The topological polar surface area (TPSA) is 93.5 Å². The number of ether oxygens (including phenoxy) is 1. The van der Waals surface area contributed by atoms with Crippen molar-refractivity contribution < 1.29 is 18.7 Å². The third kappa shape index (κ3) is 4.03. The monoisotopic (exact) mass is 357 g/mol. The van der Waals surface area contributed by atoms with Crippen LogP contribution in [0.5, 0.6) is 0 Å². The van der Waals surface area contributed by atoms with Crippen molar-refractivity contribution in [1.82, 2.24) is 0 Å². The Balaban J connectivity index is 0.00000208. The molecular formula is C16H21ClFN3O3. The number of fused-ring (bicyclic) bond motifs is 1. The van der Waals surface area contributed by atoms with Crippen LogP contribution in [0.2, 0.25) is 0 Å². The first kappa shape index (κ1) is 18.6. The molecular weight excluding hydrogens is 337 g/mol. The Bertz CT molecular complexity index is 635. The second-order valence-corrected chi connectivity index (χ2v) is 6.00. The summed E-state index contributed by atoms with van der Waals surface area (Å²) < 4.78 is 19.4. The molecule has 1 atom stereocenters. The minimum absolute atomic E-state index is 0. The largest absolute Gasteiger partial charge is 0.381 e. The molecule has 1 saturated heterocycles. The number of benzene rings is 1. The number of anilines is 2. The lowest BCUT2D eigenvalue weighted by Gasteiger charge is -2.27. The third-order valence-corrected chi connectivity index (χ3v) is 4.42. The van der Waals surface area contributed by atoms with Gasteiger partial charge in [0, 0.05) is 25.3 Å². The Kier molecular flexibility index (Phi) is 6.15. The first-order chi connectivity index (χ1) is 11.0. The fourth-order valence-corrected chi connectivity index (χ4v) is 3.00. The quantitative estimate of drug-likeness (QED) is 0.769. The summed E-state index contributed by atoms with van der Waals surface area (Å²) in [5, 5.41) is 5.23. The number of nitrogens with two attached hydrogens (primary N) is 1. The van der Waals surface area contributed by atoms with Gasteiger partial charge >= 0.3 is 0 Å². The van der Waals surface area contributed by atoms with Gasteiger partial charge in [-0.05, 0) is 42.9 Å². The van der Waals surface area contributed by atoms with Crippen molar-refractivity contribution in [3.63, 3.8) is 0 Å². The van der Waals surface area contributed by atoms with E-state index in [9.17, 15) is 14.0 Å². The molecule has 2 amide bonds. The van der Waals surface area contributed by atoms with Crippen LogP contribution in [0.4, 0.5) is 15.8 Å². The normalized spacial score (nSPS) is 18.8. The summed E-state index contributed by atoms with van der Waals surface area (Å²) in [5.41, 5.74) is 7.30. The Morgan fingerprint density at radius 2 is 2.04 bits per heavy atom. The number of nitrogens with one attached hydrogen (secondary N) is 2. The Labute approximate surface area is 145 Å². The predicted molar refractivity (Wildman–Crippen MR) is 90.7 cm³/mol. The second-order valence-electron chi connectivity index (χ2n) is 6.00. The molecule has 0 saturated carbocycles. The van der Waals surface area contributed by atoms with Gasteiger partial charge in [-0.25, -0.2) is 4.39 Å². The van der Waals surface area contributed by atoms with Gasteiger partial charge in [0.05, 0.1) is 11.7 Å². The van der Waals surface area contributed by atoms with E-state index in [2.05, 4.69) is 10.6 Å². The van der Waals surface area contributed by atoms with Crippen molar-refractivity contribution in [3.8, 4) is 0 Å². The zero-order valence-electron chi connectivity index (χ0n) is 13.1. The van der Waals surface area contributed by atoms with E-state index in [4.69, 9.17) is 10.5 Å². The summed E-state index contributed by atoms with van der Waals surface area (Å²) in [5.74, 6) is -1.02. The molecule has 8 heteroatoms. The van der Waals surface area contributed by atoms with E-state index in [1.54, 1.807) is 0 Å². The number of amides is 2. The predicted octanol–water partition coefficient (Wildman–Crippen LogP) is 1.82. The first-order valence-electron chi connectivity index (χ1n) is 7.81. The molecule has 132 valence electrons. The van der Waals surface area contributed by atoms with Crippen LogP contribution in [-0.4, -0.2) is 31.1 Å². The lowest BCUT2D eigenvalue weighted by molar-refractivity contribution is -0.119. The fraction of sp³-hybridized carbons (Fsp3) is 0.500. The molecule has 0 radical (unpaired) electrons. The summed E-state index contributed by atoms with van der Waals surface area (Å²) in [6.45, 7) is 1.18. The highest BCUT2D eigenvalue weighted by Crippen LogP contribution is 2.29.